The van der Waals surface area contributed by atoms with Crippen LogP contribution in [0.15, 0.2) is 30.3 Å². The molecule has 0 bridgehead atoms. The zero-order valence-electron chi connectivity index (χ0n) is 20.4. The minimum absolute atomic E-state index is 0.120. The molecule has 2 aliphatic rings. The largest absolute Gasteiger partial charge is 0.505 e. The fourth-order valence-corrected chi connectivity index (χ4v) is 5.99. The van der Waals surface area contributed by atoms with E-state index in [2.05, 4.69) is 37.0 Å². The molecular formula is C28H31Cl2N3O2. The Balaban J connectivity index is 1.63. The Morgan fingerprint density at radius 1 is 0.914 bits per heavy atom. The zero-order chi connectivity index (χ0) is 24.9. The van der Waals surface area contributed by atoms with Gasteiger partial charge in [-0.15, -0.1) is 0 Å². The van der Waals surface area contributed by atoms with Crippen LogP contribution in [0.3, 0.4) is 0 Å². The van der Waals surface area contributed by atoms with E-state index in [1.165, 1.54) is 0 Å². The number of fused-ring (bicyclic) bond motifs is 1. The van der Waals surface area contributed by atoms with Gasteiger partial charge in [-0.3, -0.25) is 9.78 Å². The lowest BCUT2D eigenvalue weighted by Crippen LogP contribution is -2.41. The van der Waals surface area contributed by atoms with Crippen molar-refractivity contribution in [3.05, 3.63) is 51.6 Å². The molecule has 5 rings (SSSR count). The number of anilines is 1. The van der Waals surface area contributed by atoms with Gasteiger partial charge in [0.1, 0.15) is 0 Å². The van der Waals surface area contributed by atoms with E-state index in [0.717, 1.165) is 83.8 Å². The van der Waals surface area contributed by atoms with E-state index < -0.39 is 0 Å². The molecule has 1 N–H and O–H groups in total. The number of hydrogen-bond acceptors (Lipinski definition) is 5. The van der Waals surface area contributed by atoms with Crippen molar-refractivity contribution in [1.29, 1.82) is 0 Å². The summed E-state index contributed by atoms with van der Waals surface area (Å²) in [7, 11) is 6.43. The molecule has 0 aliphatic heterocycles. The second kappa shape index (κ2) is 9.61. The van der Waals surface area contributed by atoms with Crippen molar-refractivity contribution >= 4 is 46.1 Å². The molecule has 0 radical (unpaired) electrons. The molecule has 7 heteroatoms. The summed E-state index contributed by atoms with van der Waals surface area (Å²) < 4.78 is 0. The number of nitrogens with zero attached hydrogens (tertiary/aromatic N) is 3. The third kappa shape index (κ3) is 4.62. The number of pyridine rings is 1. The van der Waals surface area contributed by atoms with Crippen LogP contribution in [0.1, 0.15) is 60.5 Å². The fraction of sp³-hybridized carbons (Fsp3) is 0.429. The van der Waals surface area contributed by atoms with Crippen molar-refractivity contribution in [1.82, 2.24) is 9.88 Å². The van der Waals surface area contributed by atoms with E-state index in [1.54, 1.807) is 12.1 Å². The van der Waals surface area contributed by atoms with E-state index in [1.807, 2.05) is 12.1 Å². The van der Waals surface area contributed by atoms with Crippen LogP contribution in [0.2, 0.25) is 10.0 Å². The summed E-state index contributed by atoms with van der Waals surface area (Å²) in [6.45, 7) is 0. The van der Waals surface area contributed by atoms with Crippen molar-refractivity contribution in [2.24, 2.45) is 0 Å². The number of halogens is 2. The van der Waals surface area contributed by atoms with E-state index in [9.17, 15) is 9.90 Å². The van der Waals surface area contributed by atoms with Gasteiger partial charge in [-0.25, -0.2) is 0 Å². The predicted octanol–water partition coefficient (Wildman–Crippen LogP) is 6.91. The summed E-state index contributed by atoms with van der Waals surface area (Å²) in [6, 6.07) is 10.5. The van der Waals surface area contributed by atoms with Gasteiger partial charge in [0.25, 0.3) is 0 Å². The minimum Gasteiger partial charge on any atom is -0.505 e. The first-order valence-corrected chi connectivity index (χ1v) is 13.0. The van der Waals surface area contributed by atoms with Crippen LogP contribution in [0.5, 0.6) is 5.75 Å². The topological polar surface area (TPSA) is 56.7 Å². The summed E-state index contributed by atoms with van der Waals surface area (Å²) >= 11 is 12.4. The maximum absolute atomic E-state index is 12.5. The molecule has 0 amide bonds. The lowest BCUT2D eigenvalue weighted by atomic mass is 9.88. The molecule has 0 atom stereocenters. The average molecular weight is 512 g/mol. The van der Waals surface area contributed by atoms with Gasteiger partial charge in [-0.1, -0.05) is 29.3 Å². The van der Waals surface area contributed by atoms with Crippen molar-refractivity contribution < 1.29 is 9.90 Å². The lowest BCUT2D eigenvalue weighted by Gasteiger charge is -2.39. The molecule has 2 aliphatic carbocycles. The maximum Gasteiger partial charge on any atom is 0.154 e. The smallest absolute Gasteiger partial charge is 0.154 e. The molecule has 184 valence electrons. The van der Waals surface area contributed by atoms with Gasteiger partial charge in [-0.05, 0) is 88.0 Å². The van der Waals surface area contributed by atoms with Crippen LogP contribution < -0.4 is 4.90 Å². The SMILES string of the molecule is CN(C)C1CCC(N(C)c2c(C=O)c(C3CC3)nc3ccc(-c4cc(Cl)c(O)c(Cl)c4)cc23)CC1. The highest BCUT2D eigenvalue weighted by atomic mass is 35.5. The van der Waals surface area contributed by atoms with Gasteiger partial charge >= 0.3 is 0 Å². The molecular weight excluding hydrogens is 481 g/mol. The molecule has 2 aromatic carbocycles. The standard InChI is InChI=1S/C28H31Cl2N3O2/c1-32(2)19-7-9-20(10-8-19)33(3)27-21-12-17(18-13-23(29)28(35)24(30)14-18)6-11-25(21)31-26(16-4-5-16)22(27)15-34/h6,11-16,19-20,35H,4-5,7-10H2,1-3H3. The summed E-state index contributed by atoms with van der Waals surface area (Å²) in [5, 5.41) is 11.4. The van der Waals surface area contributed by atoms with Crippen LogP contribution in [0.4, 0.5) is 5.69 Å². The quantitative estimate of drug-likeness (QED) is 0.364. The maximum atomic E-state index is 12.5. The molecule has 2 saturated carbocycles. The molecule has 1 heterocycles. The molecule has 2 fully saturated rings. The molecule has 3 aromatic rings. The Bertz CT molecular complexity index is 1260. The summed E-state index contributed by atoms with van der Waals surface area (Å²) in [5.74, 6) is 0.247. The van der Waals surface area contributed by atoms with Crippen LogP contribution in [0.25, 0.3) is 22.0 Å². The van der Waals surface area contributed by atoms with Crippen LogP contribution in [0, 0.1) is 0 Å². The number of benzene rings is 2. The van der Waals surface area contributed by atoms with Gasteiger partial charge in [0.2, 0.25) is 0 Å². The van der Waals surface area contributed by atoms with Crippen LogP contribution >= 0.6 is 23.2 Å². The second-order valence-electron chi connectivity index (χ2n) is 10.2. The van der Waals surface area contributed by atoms with E-state index in [0.29, 0.717) is 18.0 Å². The Hall–Kier alpha value is -2.34. The molecule has 0 saturated heterocycles. The van der Waals surface area contributed by atoms with Crippen molar-refractivity contribution in [2.75, 3.05) is 26.0 Å². The Morgan fingerprint density at radius 3 is 2.11 bits per heavy atom. The van der Waals surface area contributed by atoms with E-state index in [-0.39, 0.29) is 15.8 Å². The first-order chi connectivity index (χ1) is 16.8. The number of aldehydes is 1. The number of phenolic OH excluding ortho intramolecular Hbond substituents is 1. The van der Waals surface area contributed by atoms with Crippen molar-refractivity contribution in [2.45, 2.75) is 56.5 Å². The second-order valence-corrected chi connectivity index (χ2v) is 11.0. The normalized spacial score (nSPS) is 20.4. The Kier molecular flexibility index (Phi) is 6.69. The summed E-state index contributed by atoms with van der Waals surface area (Å²) in [6.07, 6.45) is 7.63. The number of carbonyl (C=O) groups is 1. The lowest BCUT2D eigenvalue weighted by molar-refractivity contribution is 0.112. The highest BCUT2D eigenvalue weighted by Crippen LogP contribution is 2.46. The van der Waals surface area contributed by atoms with Gasteiger partial charge in [0.05, 0.1) is 32.5 Å². The molecule has 5 nitrogen and oxygen atoms in total. The molecule has 0 spiro atoms. The Labute approximate surface area is 216 Å². The first-order valence-electron chi connectivity index (χ1n) is 12.3. The number of phenols is 1. The summed E-state index contributed by atoms with van der Waals surface area (Å²) in [5.41, 5.74) is 5.22. The molecule has 1 aromatic heterocycles. The number of carbonyl (C=O) groups excluding carboxylic acids is 1. The first kappa shape index (κ1) is 24.4. The number of rotatable bonds is 6. The van der Waals surface area contributed by atoms with Crippen LogP contribution in [-0.4, -0.2) is 54.5 Å². The van der Waals surface area contributed by atoms with Gasteiger partial charge in [-0.2, -0.15) is 0 Å². The highest BCUT2D eigenvalue weighted by molar-refractivity contribution is 6.37. The number of aromatic hydroxyl groups is 1. The van der Waals surface area contributed by atoms with Crippen LogP contribution in [-0.2, 0) is 0 Å². The van der Waals surface area contributed by atoms with Crippen molar-refractivity contribution in [3.63, 3.8) is 0 Å². The number of hydrogen-bond donors (Lipinski definition) is 1. The fourth-order valence-electron chi connectivity index (χ4n) is 5.50. The number of aromatic nitrogens is 1. The predicted molar refractivity (Wildman–Crippen MR) is 144 cm³/mol. The molecule has 0 unspecified atom stereocenters. The van der Waals surface area contributed by atoms with Crippen molar-refractivity contribution in [3.8, 4) is 16.9 Å². The highest BCUT2D eigenvalue weighted by Gasteiger charge is 2.33. The van der Waals surface area contributed by atoms with Gasteiger partial charge in [0.15, 0.2) is 12.0 Å². The van der Waals surface area contributed by atoms with E-state index in [4.69, 9.17) is 28.2 Å². The molecule has 35 heavy (non-hydrogen) atoms. The third-order valence-electron chi connectivity index (χ3n) is 7.75. The minimum atomic E-state index is -0.120. The van der Waals surface area contributed by atoms with Gasteiger partial charge < -0.3 is 14.9 Å². The Morgan fingerprint density at radius 2 is 1.54 bits per heavy atom. The zero-order valence-corrected chi connectivity index (χ0v) is 21.9. The average Bonchev–Trinajstić information content (AvgIpc) is 3.70. The van der Waals surface area contributed by atoms with Gasteiger partial charge in [0, 0.05) is 30.4 Å². The monoisotopic (exact) mass is 511 g/mol. The summed E-state index contributed by atoms with van der Waals surface area (Å²) in [4.78, 5) is 22.1. The third-order valence-corrected chi connectivity index (χ3v) is 8.33. The van der Waals surface area contributed by atoms with E-state index >= 15 is 0 Å².